The third kappa shape index (κ3) is 2.56. The van der Waals surface area contributed by atoms with Crippen LogP contribution < -0.4 is 10.6 Å². The van der Waals surface area contributed by atoms with Crippen LogP contribution in [-0.2, 0) is 4.79 Å². The van der Waals surface area contributed by atoms with Crippen molar-refractivity contribution in [3.8, 4) is 22.6 Å². The lowest BCUT2D eigenvalue weighted by Gasteiger charge is -2.34. The molecular weight excluding hydrogens is 342 g/mol. The zero-order valence-electron chi connectivity index (χ0n) is 14.9. The van der Waals surface area contributed by atoms with Gasteiger partial charge < -0.3 is 10.6 Å². The van der Waals surface area contributed by atoms with E-state index in [-0.39, 0.29) is 7.33 Å². The summed E-state index contributed by atoms with van der Waals surface area (Å²) in [6.07, 6.45) is 6.94. The molecule has 138 valence electrons. The van der Waals surface area contributed by atoms with Crippen LogP contribution in [0.1, 0.15) is 32.7 Å². The molecule has 1 fully saturated rings. The molecule has 5 rings (SSSR count). The Labute approximate surface area is 157 Å². The molecule has 1 saturated carbocycles. The van der Waals surface area contributed by atoms with Gasteiger partial charge in [0.15, 0.2) is 17.5 Å². The van der Waals surface area contributed by atoms with E-state index in [0.717, 1.165) is 53.9 Å². The highest BCUT2D eigenvalue weighted by molar-refractivity contribution is 6.04. The van der Waals surface area contributed by atoms with Crippen molar-refractivity contribution >= 4 is 17.5 Å². The zero-order valence-corrected chi connectivity index (χ0v) is 14.9. The number of aromatic amines is 1. The normalized spacial score (nSPS) is 17.4. The van der Waals surface area contributed by atoms with Crippen molar-refractivity contribution in [2.75, 3.05) is 10.6 Å². The van der Waals surface area contributed by atoms with E-state index in [1.807, 2.05) is 25.1 Å². The summed E-state index contributed by atoms with van der Waals surface area (Å²) >= 11 is 0. The Bertz CT molecular complexity index is 1030. The number of hydrogen-bond acceptors (Lipinski definition) is 6. The number of nitrogens with one attached hydrogen (secondary N) is 3. The molecule has 0 radical (unpaired) electrons. The second-order valence-electron chi connectivity index (χ2n) is 7.18. The van der Waals surface area contributed by atoms with Gasteiger partial charge in [-0.2, -0.15) is 5.10 Å². The van der Waals surface area contributed by atoms with E-state index in [2.05, 4.69) is 30.8 Å². The van der Waals surface area contributed by atoms with Gasteiger partial charge in [0.25, 0.3) is 5.91 Å². The van der Waals surface area contributed by atoms with Crippen molar-refractivity contribution in [3.63, 3.8) is 0 Å². The predicted molar refractivity (Wildman–Crippen MR) is 103 cm³/mol. The van der Waals surface area contributed by atoms with Gasteiger partial charge in [-0.1, -0.05) is 25.0 Å². The molecule has 1 aliphatic heterocycles. The quantitative estimate of drug-likeness (QED) is 0.645. The molecular formula is C19H21N7O. The average molecular weight is 363 g/mol. The molecule has 0 bridgehead atoms. The maximum atomic E-state index is 12.5. The molecule has 3 heterocycles. The van der Waals surface area contributed by atoms with Crippen molar-refractivity contribution < 1.29 is 6.22 Å². The summed E-state index contributed by atoms with van der Waals surface area (Å²) in [6.45, 7) is 2.03. The lowest BCUT2D eigenvalue weighted by atomic mass is 9.94. The molecule has 8 nitrogen and oxygen atoms in total. The van der Waals surface area contributed by atoms with E-state index < -0.39 is 5.54 Å². The zero-order chi connectivity index (χ0) is 18.4. The summed E-state index contributed by atoms with van der Waals surface area (Å²) in [7, 11) is 0. The first-order valence-corrected chi connectivity index (χ1v) is 9.08. The Hall–Kier alpha value is -3.29. The van der Waals surface area contributed by atoms with Crippen LogP contribution >= 0.6 is 0 Å². The van der Waals surface area contributed by atoms with Crippen molar-refractivity contribution in [2.45, 2.75) is 38.1 Å². The van der Waals surface area contributed by atoms with Crippen LogP contribution in [0, 0.1) is 6.92 Å². The third-order valence-electron chi connectivity index (χ3n) is 5.44. The standard InChI is InChI=1S/C19H19N7O.H2/c1-11-8-12(15-21-10-22-26-15)4-5-13(11)14-9-20-16-17(23-14)25-19(18(27)24-16)6-2-3-7-19;/h4-5,8-10H,2-3,6-7H2,1H3,(H,23,25)(H,20,24,27)(H,21,22,26);1H. The number of carbonyl (C=O) groups is 1. The van der Waals surface area contributed by atoms with E-state index in [1.165, 1.54) is 6.33 Å². The summed E-state index contributed by atoms with van der Waals surface area (Å²) in [6, 6.07) is 6.04. The van der Waals surface area contributed by atoms with E-state index >= 15 is 0 Å². The smallest absolute Gasteiger partial charge is 0.251 e. The number of hydrogen-bond donors (Lipinski definition) is 3. The lowest BCUT2D eigenvalue weighted by Crippen LogP contribution is -2.51. The van der Waals surface area contributed by atoms with E-state index in [4.69, 9.17) is 4.98 Å². The molecule has 3 N–H and O–H groups in total. The number of benzene rings is 1. The molecule has 2 aromatic heterocycles. The highest BCUT2D eigenvalue weighted by Gasteiger charge is 2.45. The van der Waals surface area contributed by atoms with Crippen molar-refractivity contribution in [1.82, 2.24) is 25.1 Å². The molecule has 0 unspecified atom stereocenters. The van der Waals surface area contributed by atoms with Crippen molar-refractivity contribution in [1.29, 1.82) is 0 Å². The maximum absolute atomic E-state index is 12.5. The minimum atomic E-state index is -0.536. The van der Waals surface area contributed by atoms with Crippen LogP contribution in [0.15, 0.2) is 30.7 Å². The van der Waals surface area contributed by atoms with Crippen molar-refractivity contribution in [3.05, 3.63) is 36.3 Å². The van der Waals surface area contributed by atoms with Gasteiger partial charge in [-0.05, 0) is 31.4 Å². The van der Waals surface area contributed by atoms with Gasteiger partial charge in [0.2, 0.25) is 0 Å². The highest BCUT2D eigenvalue weighted by atomic mass is 16.2. The molecule has 0 saturated heterocycles. The number of aromatic nitrogens is 5. The summed E-state index contributed by atoms with van der Waals surface area (Å²) < 4.78 is 0. The molecule has 1 aromatic carbocycles. The van der Waals surface area contributed by atoms with Crippen LogP contribution in [0.5, 0.6) is 0 Å². The number of aryl methyl sites for hydroxylation is 1. The van der Waals surface area contributed by atoms with E-state index in [0.29, 0.717) is 11.6 Å². The molecule has 0 atom stereocenters. The van der Waals surface area contributed by atoms with Gasteiger partial charge in [-0.3, -0.25) is 9.89 Å². The topological polar surface area (TPSA) is 108 Å². The summed E-state index contributed by atoms with van der Waals surface area (Å²) in [5, 5.41) is 13.1. The van der Waals surface area contributed by atoms with Gasteiger partial charge in [0.05, 0.1) is 11.9 Å². The van der Waals surface area contributed by atoms with Crippen LogP contribution in [-0.4, -0.2) is 36.6 Å². The largest absolute Gasteiger partial charge is 0.353 e. The first-order chi connectivity index (χ1) is 13.1. The van der Waals surface area contributed by atoms with Gasteiger partial charge in [0.1, 0.15) is 11.9 Å². The maximum Gasteiger partial charge on any atom is 0.251 e. The lowest BCUT2D eigenvalue weighted by molar-refractivity contribution is -0.120. The minimum absolute atomic E-state index is 0. The number of amides is 1. The molecule has 1 aliphatic carbocycles. The Morgan fingerprint density at radius 2 is 2.00 bits per heavy atom. The third-order valence-corrected chi connectivity index (χ3v) is 5.44. The van der Waals surface area contributed by atoms with Crippen LogP contribution in [0.25, 0.3) is 22.6 Å². The second-order valence-corrected chi connectivity index (χ2v) is 7.18. The number of carbonyl (C=O) groups excluding carboxylic acids is 1. The fourth-order valence-corrected chi connectivity index (χ4v) is 3.98. The Morgan fingerprint density at radius 3 is 2.74 bits per heavy atom. The molecule has 2 aliphatic rings. The van der Waals surface area contributed by atoms with Crippen LogP contribution in [0.2, 0.25) is 0 Å². The Balaban J connectivity index is 0.00000192. The summed E-state index contributed by atoms with van der Waals surface area (Å²) in [5.41, 5.74) is 3.26. The molecule has 1 amide bonds. The highest BCUT2D eigenvalue weighted by Crippen LogP contribution is 2.39. The number of nitrogens with zero attached hydrogens (tertiary/aromatic N) is 4. The van der Waals surface area contributed by atoms with Crippen LogP contribution in [0.3, 0.4) is 0 Å². The number of anilines is 2. The Kier molecular flexibility index (Phi) is 3.46. The Morgan fingerprint density at radius 1 is 1.15 bits per heavy atom. The first kappa shape index (κ1) is 15.9. The van der Waals surface area contributed by atoms with Gasteiger partial charge >= 0.3 is 0 Å². The van der Waals surface area contributed by atoms with Gasteiger partial charge in [-0.15, -0.1) is 0 Å². The monoisotopic (exact) mass is 363 g/mol. The number of H-pyrrole nitrogens is 1. The molecule has 3 aromatic rings. The van der Waals surface area contributed by atoms with E-state index in [9.17, 15) is 4.79 Å². The molecule has 27 heavy (non-hydrogen) atoms. The molecule has 8 heteroatoms. The van der Waals surface area contributed by atoms with Crippen molar-refractivity contribution in [2.24, 2.45) is 0 Å². The van der Waals surface area contributed by atoms with E-state index in [1.54, 1.807) is 6.20 Å². The fraction of sp³-hybridized carbons (Fsp3) is 0.316. The number of rotatable bonds is 2. The first-order valence-electron chi connectivity index (χ1n) is 9.08. The molecule has 1 spiro atoms. The summed E-state index contributed by atoms with van der Waals surface area (Å²) in [4.78, 5) is 25.9. The van der Waals surface area contributed by atoms with Gasteiger partial charge in [0, 0.05) is 12.6 Å². The average Bonchev–Trinajstić information content (AvgIpc) is 3.35. The number of fused-ring (bicyclic) bond motifs is 1. The SMILES string of the molecule is Cc1cc(-c2ncn[nH]2)ccc1-c1cnc2c(n1)NC1(CCCC1)C(=O)N2.[HH]. The predicted octanol–water partition coefficient (Wildman–Crippen LogP) is 3.16. The summed E-state index contributed by atoms with van der Waals surface area (Å²) in [5.74, 6) is 1.88. The fourth-order valence-electron chi connectivity index (χ4n) is 3.98. The second kappa shape index (κ2) is 5.87. The minimum Gasteiger partial charge on any atom is -0.353 e. The van der Waals surface area contributed by atoms with Gasteiger partial charge in [-0.25, -0.2) is 15.0 Å². The van der Waals surface area contributed by atoms with Crippen LogP contribution in [0.4, 0.5) is 11.6 Å².